The van der Waals surface area contributed by atoms with Crippen LogP contribution in [0.3, 0.4) is 0 Å². The standard InChI is InChI=1S/C46H56O16.2C34H40O8/c1-5-41(51)59-24-31(47)20-55-35-9-11-37(39(14-35)57-22-33(49)26-61-43(53)7-3)45-16-29-13-30(17-45)19-46(18-29,28-45)38-12-10-36(56-21-32(48)25-60-42(52)6-2)15-40(38)58-23-34(50)27-62-44(54)8-4;1-3-32(37)41-20-28(35)18-39-30-9-5-24(6-10-30)34(26-14-22-13-23(16-26)17-27(34)15-22)25-7-11-31(12-8-25)40-19-29(36)21-42-33(38)4-2;1-3-31(37)41-19-26(35)17-39-28-9-5-22(6-10-28)33-24-13-21-14-25(16-24)34(30(33)15-21)23-7-11-29(12-8-23)40-18-27(36)20-42-32(38)4-2/h5-12,14-15,29-34,47-50H,1-4,13,16-28H2;3-12,22-23,26-29,35-36H,1-2,13-21H2;3-12,21,24-27,30,33-36H,1-2,13-20H2. The van der Waals surface area contributed by atoms with E-state index in [9.17, 15) is 79.2 Å². The minimum absolute atomic E-state index is 0.0103. The second kappa shape index (κ2) is 52.4. The number of rotatable bonds is 54. The van der Waals surface area contributed by atoms with Crippen LogP contribution in [0, 0.1) is 59.2 Å². The minimum Gasteiger partial charge on any atom is -0.491 e. The van der Waals surface area contributed by atoms with Crippen molar-refractivity contribution >= 4 is 47.8 Å². The Morgan fingerprint density at radius 1 is 0.267 bits per heavy atom. The molecule has 0 heterocycles. The minimum atomic E-state index is -1.17. The maximum absolute atomic E-state index is 11.7. The number of hydrogen-bond acceptors (Lipinski definition) is 32. The van der Waals surface area contributed by atoms with Crippen LogP contribution in [0.2, 0.25) is 0 Å². The molecule has 0 spiro atoms. The molecule has 18 rings (SSSR count). The molecule has 6 aromatic carbocycles. The quantitative estimate of drug-likeness (QED) is 0.00998. The van der Waals surface area contributed by atoms with Crippen LogP contribution in [0.5, 0.6) is 46.0 Å². The molecule has 12 aliphatic carbocycles. The van der Waals surface area contributed by atoms with Crippen LogP contribution >= 0.6 is 0 Å². The number of aliphatic hydroxyl groups is 8. The molecule has 784 valence electrons. The zero-order valence-corrected chi connectivity index (χ0v) is 82.3. The molecular weight excluding hydrogens is 1880 g/mol. The van der Waals surface area contributed by atoms with Crippen molar-refractivity contribution in [3.05, 3.63) is 268 Å². The van der Waals surface area contributed by atoms with Gasteiger partial charge in [0.1, 0.15) is 201 Å². The third-order valence-corrected chi connectivity index (χ3v) is 29.3. The molecular formula is C114H136O32. The molecule has 32 nitrogen and oxygen atoms in total. The van der Waals surface area contributed by atoms with Gasteiger partial charge < -0.3 is 117 Å². The van der Waals surface area contributed by atoms with Gasteiger partial charge in [0, 0.05) is 88.1 Å². The summed E-state index contributed by atoms with van der Waals surface area (Å²) in [6.45, 7) is 24.3. The fraction of sp³-hybridized carbons (Fsp3) is 0.474. The zero-order chi connectivity index (χ0) is 104. The Morgan fingerprint density at radius 2 is 0.500 bits per heavy atom. The third-order valence-electron chi connectivity index (χ3n) is 29.3. The third kappa shape index (κ3) is 29.3. The number of esters is 8. The molecule has 146 heavy (non-hydrogen) atoms. The van der Waals surface area contributed by atoms with E-state index in [2.05, 4.69) is 101 Å². The van der Waals surface area contributed by atoms with E-state index in [-0.39, 0.29) is 111 Å². The van der Waals surface area contributed by atoms with Crippen molar-refractivity contribution < 1.29 is 155 Å². The molecule has 12 saturated carbocycles. The molecule has 12 fully saturated rings. The van der Waals surface area contributed by atoms with E-state index in [1.54, 1.807) is 24.3 Å². The normalized spacial score (nSPS) is 25.2. The summed E-state index contributed by atoms with van der Waals surface area (Å²) in [6.07, 6.45) is 16.4. The Balaban J connectivity index is 0.000000189. The lowest BCUT2D eigenvalue weighted by Crippen LogP contribution is -2.56. The number of aliphatic hydroxyl groups excluding tert-OH is 8. The van der Waals surface area contributed by atoms with E-state index >= 15 is 0 Å². The van der Waals surface area contributed by atoms with Gasteiger partial charge >= 0.3 is 47.8 Å². The average molecular weight is 2020 g/mol. The van der Waals surface area contributed by atoms with Gasteiger partial charge in [-0.3, -0.25) is 0 Å². The number of carbonyl (C=O) groups is 8. The maximum atomic E-state index is 11.7. The molecule has 12 bridgehead atoms. The fourth-order valence-electron chi connectivity index (χ4n) is 24.2. The van der Waals surface area contributed by atoms with Crippen molar-refractivity contribution in [3.63, 3.8) is 0 Å². The van der Waals surface area contributed by atoms with Crippen molar-refractivity contribution in [2.45, 2.75) is 173 Å². The Morgan fingerprint density at radius 3 is 0.767 bits per heavy atom. The van der Waals surface area contributed by atoms with E-state index < -0.39 is 107 Å². The highest BCUT2D eigenvalue weighted by Crippen LogP contribution is 2.70. The van der Waals surface area contributed by atoms with Crippen LogP contribution in [-0.4, -0.2) is 243 Å². The topological polar surface area (TPSA) is 446 Å². The molecule has 0 aromatic heterocycles. The average Bonchev–Trinajstić information content (AvgIpc) is 0.391. The molecule has 0 radical (unpaired) electrons. The zero-order valence-electron chi connectivity index (χ0n) is 82.3. The van der Waals surface area contributed by atoms with E-state index in [1.807, 2.05) is 60.7 Å². The molecule has 12 atom stereocenters. The van der Waals surface area contributed by atoms with Gasteiger partial charge in [0.15, 0.2) is 0 Å². The number of hydrogen-bond donors (Lipinski definition) is 8. The van der Waals surface area contributed by atoms with Gasteiger partial charge in [-0.15, -0.1) is 0 Å². The summed E-state index contributed by atoms with van der Waals surface area (Å²) in [5.41, 5.74) is 6.10. The van der Waals surface area contributed by atoms with Crippen molar-refractivity contribution in [2.75, 3.05) is 106 Å². The monoisotopic (exact) mass is 2020 g/mol. The Labute approximate surface area is 850 Å². The van der Waals surface area contributed by atoms with E-state index in [0.717, 1.165) is 110 Å². The van der Waals surface area contributed by atoms with E-state index in [0.29, 0.717) is 106 Å². The lowest BCUT2D eigenvalue weighted by atomic mass is 9.41. The molecule has 6 aromatic rings. The van der Waals surface area contributed by atoms with Crippen molar-refractivity contribution in [1.82, 2.24) is 0 Å². The Bertz CT molecular complexity index is 5120. The van der Waals surface area contributed by atoms with Crippen LogP contribution in [0.15, 0.2) is 235 Å². The van der Waals surface area contributed by atoms with Gasteiger partial charge in [0.25, 0.3) is 0 Å². The largest absolute Gasteiger partial charge is 0.491 e. The summed E-state index contributed by atoms with van der Waals surface area (Å²) in [6, 6.07) is 43.8. The van der Waals surface area contributed by atoms with Crippen molar-refractivity contribution in [3.8, 4) is 46.0 Å². The van der Waals surface area contributed by atoms with Crippen molar-refractivity contribution in [1.29, 1.82) is 0 Å². The first-order valence-corrected chi connectivity index (χ1v) is 49.9. The van der Waals surface area contributed by atoms with Gasteiger partial charge in [-0.25, -0.2) is 38.4 Å². The van der Waals surface area contributed by atoms with E-state index in [1.165, 1.54) is 80.0 Å². The smallest absolute Gasteiger partial charge is 0.330 e. The lowest BCUT2D eigenvalue weighted by Gasteiger charge is -2.63. The molecule has 12 aliphatic rings. The van der Waals surface area contributed by atoms with Gasteiger partial charge in [0.2, 0.25) is 0 Å². The van der Waals surface area contributed by atoms with Crippen LogP contribution < -0.4 is 37.9 Å². The molecule has 32 heteroatoms. The first-order chi connectivity index (χ1) is 70.3. The maximum Gasteiger partial charge on any atom is 0.330 e. The molecule has 0 amide bonds. The summed E-state index contributed by atoms with van der Waals surface area (Å²) in [5, 5.41) is 82.5. The van der Waals surface area contributed by atoms with Gasteiger partial charge in [-0.2, -0.15) is 0 Å². The second-order valence-electron chi connectivity index (χ2n) is 39.6. The summed E-state index contributed by atoms with van der Waals surface area (Å²) in [5.74, 6) is 6.30. The molecule has 0 aliphatic heterocycles. The first kappa shape index (κ1) is 110. The predicted octanol–water partition coefficient (Wildman–Crippen LogP) is 12.3. The van der Waals surface area contributed by atoms with Crippen LogP contribution in [0.1, 0.15) is 142 Å². The first-order valence-electron chi connectivity index (χ1n) is 49.9. The highest BCUT2D eigenvalue weighted by Gasteiger charge is 2.62. The Hall–Kier alpha value is -12.9. The highest BCUT2D eigenvalue weighted by molar-refractivity contribution is 5.84. The predicted molar refractivity (Wildman–Crippen MR) is 534 cm³/mol. The van der Waals surface area contributed by atoms with Gasteiger partial charge in [-0.1, -0.05) is 113 Å². The van der Waals surface area contributed by atoms with E-state index in [4.69, 9.17) is 75.8 Å². The summed E-state index contributed by atoms with van der Waals surface area (Å²) < 4.78 is 86.9. The molecule has 12 unspecified atom stereocenters. The van der Waals surface area contributed by atoms with Crippen LogP contribution in [0.4, 0.5) is 0 Å². The molecule has 8 N–H and O–H groups in total. The summed E-state index contributed by atoms with van der Waals surface area (Å²) >= 11 is 0. The lowest BCUT2D eigenvalue weighted by molar-refractivity contribution is -0.142. The SMILES string of the molecule is C=CC(=O)OCC(O)COc1ccc(C2(c3ccc(OCC(O)COC(=O)C=C)cc3)C3CC4CC(C3)CC2C4)cc1.C=CC(=O)OCC(O)COc1ccc(C23CC4CC(C2)CC(c2ccc(OCC(O)COC(=O)C=C)cc2OCC(O)COC(=O)C=C)(C4)C3)c(OCC(O)COC(=O)C=C)c1.C=CC(=O)OCC(O)COc1ccc(C2C3CC4CC(C3)C(c3ccc(OCC(O)COC(=O)C=C)cc3)C2C4)cc1. The second-order valence-corrected chi connectivity index (χ2v) is 39.6. The number of benzene rings is 6. The van der Waals surface area contributed by atoms with Crippen molar-refractivity contribution in [2.24, 2.45) is 59.2 Å². The Kier molecular flexibility index (Phi) is 39.6. The van der Waals surface area contributed by atoms with Crippen LogP contribution in [0.25, 0.3) is 0 Å². The summed E-state index contributed by atoms with van der Waals surface area (Å²) in [7, 11) is 0. The highest BCUT2D eigenvalue weighted by atomic mass is 16.6. The fourth-order valence-corrected chi connectivity index (χ4v) is 24.2. The summed E-state index contributed by atoms with van der Waals surface area (Å²) in [4.78, 5) is 91.2. The number of ether oxygens (including phenoxy) is 16. The number of carbonyl (C=O) groups excluding carboxylic acids is 8. The molecule has 0 saturated heterocycles. The van der Waals surface area contributed by atoms with Gasteiger partial charge in [-0.05, 0) is 250 Å². The van der Waals surface area contributed by atoms with Gasteiger partial charge in [0.05, 0.1) is 0 Å². The van der Waals surface area contributed by atoms with Crippen LogP contribution in [-0.2, 0) is 92.5 Å².